The summed E-state index contributed by atoms with van der Waals surface area (Å²) in [5.74, 6) is 0.626. The molecule has 0 fully saturated rings. The van der Waals surface area contributed by atoms with Crippen molar-refractivity contribution in [1.82, 2.24) is 15.3 Å². The van der Waals surface area contributed by atoms with E-state index in [1.807, 2.05) is 12.1 Å². The first-order valence-corrected chi connectivity index (χ1v) is 11.4. The van der Waals surface area contributed by atoms with Crippen molar-refractivity contribution in [3.8, 4) is 11.3 Å². The minimum atomic E-state index is -0.486. The lowest BCUT2D eigenvalue weighted by molar-refractivity contribution is 0.170. The van der Waals surface area contributed by atoms with Crippen LogP contribution in [0.15, 0.2) is 54.9 Å². The quantitative estimate of drug-likeness (QED) is 0.502. The summed E-state index contributed by atoms with van der Waals surface area (Å²) in [5.41, 5.74) is 6.46. The van der Waals surface area contributed by atoms with Crippen LogP contribution in [0.1, 0.15) is 67.5 Å². The molecule has 1 unspecified atom stereocenters. The molecular formula is C26H30ClN3O. The van der Waals surface area contributed by atoms with Gasteiger partial charge in [-0.3, -0.25) is 0 Å². The van der Waals surface area contributed by atoms with Crippen LogP contribution in [-0.2, 0) is 6.42 Å². The van der Waals surface area contributed by atoms with Crippen LogP contribution in [0.5, 0.6) is 0 Å². The fourth-order valence-corrected chi connectivity index (χ4v) is 4.58. The Morgan fingerprint density at radius 3 is 2.45 bits per heavy atom. The number of halogens is 1. The molecule has 1 aliphatic rings. The normalized spacial score (nSPS) is 18.9. The van der Waals surface area contributed by atoms with E-state index in [1.54, 1.807) is 6.33 Å². The number of hydrogen-bond acceptors (Lipinski definition) is 4. The number of rotatable bonds is 7. The van der Waals surface area contributed by atoms with Crippen molar-refractivity contribution in [1.29, 1.82) is 0 Å². The molecule has 1 aromatic heterocycles. The SMILES string of the molecule is CC(C)NCC(Cc1ccc(-c2ncnc3c2[C@H](C)C[C@H]3O)cc1)c1ccc(Cl)cc1. The van der Waals surface area contributed by atoms with Crippen molar-refractivity contribution in [2.24, 2.45) is 0 Å². The van der Waals surface area contributed by atoms with Gasteiger partial charge < -0.3 is 10.4 Å². The average Bonchev–Trinajstić information content (AvgIpc) is 3.06. The first kappa shape index (κ1) is 21.9. The van der Waals surface area contributed by atoms with E-state index in [9.17, 15) is 5.11 Å². The van der Waals surface area contributed by atoms with Gasteiger partial charge in [0.05, 0.1) is 17.5 Å². The molecule has 0 saturated heterocycles. The topological polar surface area (TPSA) is 58.0 Å². The van der Waals surface area contributed by atoms with Crippen molar-refractivity contribution in [2.45, 2.75) is 57.6 Å². The zero-order chi connectivity index (χ0) is 22.0. The molecule has 31 heavy (non-hydrogen) atoms. The maximum absolute atomic E-state index is 10.3. The molecule has 0 spiro atoms. The highest BCUT2D eigenvalue weighted by Gasteiger charge is 2.31. The zero-order valence-electron chi connectivity index (χ0n) is 18.3. The van der Waals surface area contributed by atoms with Crippen molar-refractivity contribution in [3.63, 3.8) is 0 Å². The Morgan fingerprint density at radius 2 is 1.77 bits per heavy atom. The molecule has 0 saturated carbocycles. The number of fused-ring (bicyclic) bond motifs is 1. The number of aliphatic hydroxyl groups is 1. The summed E-state index contributed by atoms with van der Waals surface area (Å²) in [5, 5.41) is 14.6. The van der Waals surface area contributed by atoms with E-state index in [-0.39, 0.29) is 5.92 Å². The molecule has 3 aromatic rings. The monoisotopic (exact) mass is 435 g/mol. The molecule has 1 aliphatic carbocycles. The van der Waals surface area contributed by atoms with Gasteiger partial charge in [0, 0.05) is 34.7 Å². The third kappa shape index (κ3) is 4.98. The van der Waals surface area contributed by atoms with Gasteiger partial charge in [0.15, 0.2) is 0 Å². The average molecular weight is 436 g/mol. The Labute approximate surface area is 189 Å². The van der Waals surface area contributed by atoms with Gasteiger partial charge in [-0.25, -0.2) is 9.97 Å². The van der Waals surface area contributed by atoms with E-state index >= 15 is 0 Å². The molecule has 2 aromatic carbocycles. The van der Waals surface area contributed by atoms with Crippen molar-refractivity contribution >= 4 is 11.6 Å². The van der Waals surface area contributed by atoms with Crippen molar-refractivity contribution < 1.29 is 5.11 Å². The Morgan fingerprint density at radius 1 is 1.06 bits per heavy atom. The summed E-state index contributed by atoms with van der Waals surface area (Å²) < 4.78 is 0. The van der Waals surface area contributed by atoms with Crippen molar-refractivity contribution in [2.75, 3.05) is 6.54 Å². The lowest BCUT2D eigenvalue weighted by Gasteiger charge is -2.20. The minimum absolute atomic E-state index is 0.261. The highest BCUT2D eigenvalue weighted by atomic mass is 35.5. The van der Waals surface area contributed by atoms with Crippen LogP contribution in [0.3, 0.4) is 0 Å². The molecule has 3 atom stereocenters. The smallest absolute Gasteiger partial charge is 0.116 e. The van der Waals surface area contributed by atoms with E-state index in [4.69, 9.17) is 11.6 Å². The Kier molecular flexibility index (Phi) is 6.71. The molecule has 0 bridgehead atoms. The number of nitrogens with zero attached hydrogens (tertiary/aromatic N) is 2. The summed E-state index contributed by atoms with van der Waals surface area (Å²) in [7, 11) is 0. The van der Waals surface area contributed by atoms with E-state index in [1.165, 1.54) is 11.1 Å². The molecule has 0 aliphatic heterocycles. The summed E-state index contributed by atoms with van der Waals surface area (Å²) in [6.45, 7) is 7.39. The van der Waals surface area contributed by atoms with Gasteiger partial charge in [-0.2, -0.15) is 0 Å². The maximum Gasteiger partial charge on any atom is 0.116 e. The molecule has 1 heterocycles. The van der Waals surface area contributed by atoms with Crippen LogP contribution in [0, 0.1) is 0 Å². The molecule has 0 radical (unpaired) electrons. The van der Waals surface area contributed by atoms with Gasteiger partial charge in [0.1, 0.15) is 6.33 Å². The molecule has 2 N–H and O–H groups in total. The van der Waals surface area contributed by atoms with E-state index in [2.05, 4.69) is 72.5 Å². The highest BCUT2D eigenvalue weighted by molar-refractivity contribution is 6.30. The van der Waals surface area contributed by atoms with E-state index in [0.717, 1.165) is 40.5 Å². The summed E-state index contributed by atoms with van der Waals surface area (Å²) in [6.07, 6.45) is 2.74. The highest BCUT2D eigenvalue weighted by Crippen LogP contribution is 2.42. The third-order valence-electron chi connectivity index (χ3n) is 6.12. The standard InChI is InChI=1S/C26H30ClN3O/c1-16(2)28-14-21(19-8-10-22(27)11-9-19)13-18-4-6-20(7-5-18)25-24-17(3)12-23(31)26(24)30-15-29-25/h4-11,15-17,21,23,28,31H,12-14H2,1-3H3/t17-,21?,23-/m1/s1. The van der Waals surface area contributed by atoms with Gasteiger partial charge in [0.25, 0.3) is 0 Å². The molecule has 162 valence electrons. The lowest BCUT2D eigenvalue weighted by Crippen LogP contribution is -2.28. The molecule has 0 amide bonds. The van der Waals surface area contributed by atoms with Crippen LogP contribution in [-0.4, -0.2) is 27.7 Å². The van der Waals surface area contributed by atoms with Crippen LogP contribution in [0.2, 0.25) is 5.02 Å². The van der Waals surface area contributed by atoms with Crippen LogP contribution < -0.4 is 5.32 Å². The Balaban J connectivity index is 1.57. The number of aromatic nitrogens is 2. The lowest BCUT2D eigenvalue weighted by atomic mass is 9.90. The molecular weight excluding hydrogens is 406 g/mol. The summed E-state index contributed by atoms with van der Waals surface area (Å²) >= 11 is 6.10. The van der Waals surface area contributed by atoms with Crippen LogP contribution in [0.25, 0.3) is 11.3 Å². The second-order valence-electron chi connectivity index (χ2n) is 8.89. The zero-order valence-corrected chi connectivity index (χ0v) is 19.1. The Bertz CT molecular complexity index is 1020. The fraction of sp³-hybridized carbons (Fsp3) is 0.385. The second kappa shape index (κ2) is 9.47. The van der Waals surface area contributed by atoms with Gasteiger partial charge in [-0.15, -0.1) is 0 Å². The Hall–Kier alpha value is -2.27. The predicted molar refractivity (Wildman–Crippen MR) is 126 cm³/mol. The van der Waals surface area contributed by atoms with Gasteiger partial charge in [-0.1, -0.05) is 68.8 Å². The van der Waals surface area contributed by atoms with Gasteiger partial charge in [0.2, 0.25) is 0 Å². The molecule has 5 heteroatoms. The number of nitrogens with one attached hydrogen (secondary N) is 1. The molecule has 4 nitrogen and oxygen atoms in total. The van der Waals surface area contributed by atoms with E-state index in [0.29, 0.717) is 18.4 Å². The van der Waals surface area contributed by atoms with Gasteiger partial charge in [-0.05, 0) is 42.0 Å². The predicted octanol–water partition coefficient (Wildman–Crippen LogP) is 5.66. The number of aliphatic hydroxyl groups excluding tert-OH is 1. The maximum atomic E-state index is 10.3. The minimum Gasteiger partial charge on any atom is -0.387 e. The summed E-state index contributed by atoms with van der Waals surface area (Å²) in [6, 6.07) is 17.3. The largest absolute Gasteiger partial charge is 0.387 e. The number of benzene rings is 2. The fourth-order valence-electron chi connectivity index (χ4n) is 4.46. The third-order valence-corrected chi connectivity index (χ3v) is 6.38. The van der Waals surface area contributed by atoms with Gasteiger partial charge >= 0.3 is 0 Å². The number of hydrogen-bond donors (Lipinski definition) is 2. The molecule has 4 rings (SSSR count). The second-order valence-corrected chi connectivity index (χ2v) is 9.32. The van der Waals surface area contributed by atoms with E-state index < -0.39 is 6.10 Å². The summed E-state index contributed by atoms with van der Waals surface area (Å²) in [4.78, 5) is 8.89. The first-order chi connectivity index (χ1) is 14.9. The van der Waals surface area contributed by atoms with Crippen molar-refractivity contribution in [3.05, 3.63) is 82.3 Å². The first-order valence-electron chi connectivity index (χ1n) is 11.0. The van der Waals surface area contributed by atoms with Crippen LogP contribution in [0.4, 0.5) is 0 Å². The van der Waals surface area contributed by atoms with Crippen LogP contribution >= 0.6 is 11.6 Å².